The van der Waals surface area contributed by atoms with E-state index in [2.05, 4.69) is 9.97 Å². The summed E-state index contributed by atoms with van der Waals surface area (Å²) in [4.78, 5) is 20.2. The SMILES string of the molecule is CC1(C)CN(c2nc[nH]c(=O)c2Cl)CC(C)(C)O1. The third-order valence-corrected chi connectivity index (χ3v) is 3.11. The molecule has 0 saturated carbocycles. The van der Waals surface area contributed by atoms with Crippen LogP contribution >= 0.6 is 11.6 Å². The standard InChI is InChI=1S/C12H18ClN3O2/c1-11(2)5-16(6-12(3,4)18-11)9-8(13)10(17)15-7-14-9/h7H,5-6H2,1-4H3,(H,14,15,17). The van der Waals surface area contributed by atoms with Gasteiger partial charge in [-0.2, -0.15) is 0 Å². The lowest BCUT2D eigenvalue weighted by Gasteiger charge is -2.47. The highest BCUT2D eigenvalue weighted by atomic mass is 35.5. The van der Waals surface area contributed by atoms with Crippen molar-refractivity contribution >= 4 is 17.4 Å². The number of aromatic amines is 1. The van der Waals surface area contributed by atoms with Crippen LogP contribution in [0.15, 0.2) is 11.1 Å². The zero-order chi connectivity index (χ0) is 13.6. The number of nitrogens with zero attached hydrogens (tertiary/aromatic N) is 2. The first-order valence-electron chi connectivity index (χ1n) is 5.89. The summed E-state index contributed by atoms with van der Waals surface area (Å²) < 4.78 is 5.98. The molecule has 6 heteroatoms. The monoisotopic (exact) mass is 271 g/mol. The predicted molar refractivity (Wildman–Crippen MR) is 71.3 cm³/mol. The van der Waals surface area contributed by atoms with Crippen molar-refractivity contribution in [1.29, 1.82) is 0 Å². The number of hydrogen-bond donors (Lipinski definition) is 1. The molecule has 2 rings (SSSR count). The fourth-order valence-corrected chi connectivity index (χ4v) is 2.75. The second kappa shape index (κ2) is 4.24. The Hall–Kier alpha value is -1.07. The molecule has 0 unspecified atom stereocenters. The van der Waals surface area contributed by atoms with Gasteiger partial charge in [0, 0.05) is 13.1 Å². The molecule has 0 bridgehead atoms. The number of morpholine rings is 1. The number of anilines is 1. The maximum absolute atomic E-state index is 11.5. The minimum atomic E-state index is -0.316. The molecule has 0 amide bonds. The van der Waals surface area contributed by atoms with E-state index >= 15 is 0 Å². The lowest BCUT2D eigenvalue weighted by Crippen LogP contribution is -2.57. The van der Waals surface area contributed by atoms with E-state index in [9.17, 15) is 4.79 Å². The molecule has 0 atom stereocenters. The molecule has 5 nitrogen and oxygen atoms in total. The van der Waals surface area contributed by atoms with Crippen molar-refractivity contribution < 1.29 is 4.74 Å². The summed E-state index contributed by atoms with van der Waals surface area (Å²) in [6, 6.07) is 0. The zero-order valence-electron chi connectivity index (χ0n) is 11.1. The normalized spacial score (nSPS) is 21.9. The van der Waals surface area contributed by atoms with Gasteiger partial charge in [-0.3, -0.25) is 4.79 Å². The number of rotatable bonds is 1. The summed E-state index contributed by atoms with van der Waals surface area (Å²) >= 11 is 6.02. The van der Waals surface area contributed by atoms with Gasteiger partial charge in [-0.25, -0.2) is 4.98 Å². The van der Waals surface area contributed by atoms with Crippen molar-refractivity contribution in [1.82, 2.24) is 9.97 Å². The predicted octanol–water partition coefficient (Wildman–Crippen LogP) is 1.82. The molecule has 1 saturated heterocycles. The van der Waals surface area contributed by atoms with Gasteiger partial charge in [0.05, 0.1) is 17.5 Å². The van der Waals surface area contributed by atoms with Gasteiger partial charge in [-0.15, -0.1) is 0 Å². The molecule has 0 aromatic carbocycles. The fourth-order valence-electron chi connectivity index (χ4n) is 2.53. The van der Waals surface area contributed by atoms with E-state index in [-0.39, 0.29) is 21.8 Å². The number of nitrogens with one attached hydrogen (secondary N) is 1. The van der Waals surface area contributed by atoms with Crippen molar-refractivity contribution in [3.05, 3.63) is 21.7 Å². The Labute approximate surface area is 111 Å². The molecule has 1 aromatic rings. The van der Waals surface area contributed by atoms with Gasteiger partial charge in [-0.05, 0) is 27.7 Å². The van der Waals surface area contributed by atoms with Crippen molar-refractivity contribution in [2.24, 2.45) is 0 Å². The number of H-pyrrole nitrogens is 1. The molecule has 1 aromatic heterocycles. The highest BCUT2D eigenvalue weighted by molar-refractivity contribution is 6.32. The van der Waals surface area contributed by atoms with Crippen molar-refractivity contribution in [2.45, 2.75) is 38.9 Å². The molecule has 18 heavy (non-hydrogen) atoms. The zero-order valence-corrected chi connectivity index (χ0v) is 11.8. The molecule has 0 spiro atoms. The Kier molecular flexibility index (Phi) is 3.15. The average Bonchev–Trinajstić information content (AvgIpc) is 2.17. The maximum Gasteiger partial charge on any atom is 0.271 e. The largest absolute Gasteiger partial charge is 0.366 e. The van der Waals surface area contributed by atoms with Gasteiger partial charge in [0.15, 0.2) is 5.82 Å². The highest BCUT2D eigenvalue weighted by Crippen LogP contribution is 2.32. The third kappa shape index (κ3) is 2.67. The maximum atomic E-state index is 11.5. The van der Waals surface area contributed by atoms with Crippen LogP contribution in [0.5, 0.6) is 0 Å². The minimum absolute atomic E-state index is 0.131. The molecule has 1 aliphatic rings. The van der Waals surface area contributed by atoms with Gasteiger partial charge in [0.1, 0.15) is 5.02 Å². The lowest BCUT2D eigenvalue weighted by molar-refractivity contribution is -0.133. The number of ether oxygens (including phenoxy) is 1. The van der Waals surface area contributed by atoms with Crippen LogP contribution in [0.2, 0.25) is 5.02 Å². The molecule has 1 aliphatic heterocycles. The van der Waals surface area contributed by atoms with Crippen LogP contribution in [0, 0.1) is 0 Å². The number of hydrogen-bond acceptors (Lipinski definition) is 4. The fraction of sp³-hybridized carbons (Fsp3) is 0.667. The Morgan fingerprint density at radius 1 is 1.33 bits per heavy atom. The van der Waals surface area contributed by atoms with Crippen LogP contribution in [0.25, 0.3) is 0 Å². The van der Waals surface area contributed by atoms with Crippen molar-refractivity contribution in [3.63, 3.8) is 0 Å². The highest BCUT2D eigenvalue weighted by Gasteiger charge is 2.39. The number of aromatic nitrogens is 2. The summed E-state index contributed by atoms with van der Waals surface area (Å²) in [6.07, 6.45) is 1.37. The smallest absolute Gasteiger partial charge is 0.271 e. The first-order chi connectivity index (χ1) is 8.20. The summed E-state index contributed by atoms with van der Waals surface area (Å²) in [5.74, 6) is 0.518. The van der Waals surface area contributed by atoms with Crippen LogP contribution < -0.4 is 10.5 Å². The van der Waals surface area contributed by atoms with Gasteiger partial charge < -0.3 is 14.6 Å². The summed E-state index contributed by atoms with van der Waals surface area (Å²) in [6.45, 7) is 9.35. The first-order valence-corrected chi connectivity index (χ1v) is 6.26. The molecule has 1 fully saturated rings. The van der Waals surface area contributed by atoms with Gasteiger partial charge in [0.25, 0.3) is 5.56 Å². The van der Waals surface area contributed by atoms with Crippen LogP contribution in [0.4, 0.5) is 5.82 Å². The van der Waals surface area contributed by atoms with Crippen LogP contribution in [-0.2, 0) is 4.74 Å². The van der Waals surface area contributed by atoms with E-state index in [1.165, 1.54) is 6.33 Å². The first kappa shape index (κ1) is 13.4. The summed E-state index contributed by atoms with van der Waals surface area (Å²) in [5.41, 5.74) is -0.936. The van der Waals surface area contributed by atoms with E-state index in [0.717, 1.165) is 0 Å². The molecular weight excluding hydrogens is 254 g/mol. The summed E-state index contributed by atoms with van der Waals surface area (Å²) in [5, 5.41) is 0.131. The quantitative estimate of drug-likeness (QED) is 0.846. The average molecular weight is 272 g/mol. The second-order valence-electron chi connectivity index (χ2n) is 5.85. The minimum Gasteiger partial charge on any atom is -0.366 e. The summed E-state index contributed by atoms with van der Waals surface area (Å²) in [7, 11) is 0. The Morgan fingerprint density at radius 2 is 1.89 bits per heavy atom. The third-order valence-electron chi connectivity index (χ3n) is 2.77. The van der Waals surface area contributed by atoms with E-state index in [1.807, 2.05) is 32.6 Å². The van der Waals surface area contributed by atoms with Gasteiger partial charge in [0.2, 0.25) is 0 Å². The van der Waals surface area contributed by atoms with Crippen molar-refractivity contribution in [2.75, 3.05) is 18.0 Å². The van der Waals surface area contributed by atoms with E-state index in [0.29, 0.717) is 18.9 Å². The van der Waals surface area contributed by atoms with E-state index in [4.69, 9.17) is 16.3 Å². The van der Waals surface area contributed by atoms with Crippen LogP contribution in [-0.4, -0.2) is 34.3 Å². The number of halogens is 1. The topological polar surface area (TPSA) is 58.2 Å². The van der Waals surface area contributed by atoms with E-state index < -0.39 is 0 Å². The molecule has 1 N–H and O–H groups in total. The molecule has 0 radical (unpaired) electrons. The molecule has 0 aliphatic carbocycles. The van der Waals surface area contributed by atoms with Crippen LogP contribution in [0.1, 0.15) is 27.7 Å². The van der Waals surface area contributed by atoms with Crippen molar-refractivity contribution in [3.8, 4) is 0 Å². The lowest BCUT2D eigenvalue weighted by atomic mass is 9.99. The Morgan fingerprint density at radius 3 is 2.44 bits per heavy atom. The molecular formula is C12H18ClN3O2. The van der Waals surface area contributed by atoms with E-state index in [1.54, 1.807) is 0 Å². The molecule has 100 valence electrons. The molecule has 2 heterocycles. The Balaban J connectivity index is 2.39. The second-order valence-corrected chi connectivity index (χ2v) is 6.22. The van der Waals surface area contributed by atoms with Gasteiger partial charge in [-0.1, -0.05) is 11.6 Å². The van der Waals surface area contributed by atoms with Crippen LogP contribution in [0.3, 0.4) is 0 Å². The van der Waals surface area contributed by atoms with Gasteiger partial charge >= 0.3 is 0 Å². The Bertz CT molecular complexity index is 494.